The van der Waals surface area contributed by atoms with Gasteiger partial charge in [0.25, 0.3) is 11.8 Å². The molecular weight excluding hydrogens is 366 g/mol. The van der Waals surface area contributed by atoms with Gasteiger partial charge in [0, 0.05) is 42.4 Å². The average molecular weight is 391 g/mol. The van der Waals surface area contributed by atoms with Gasteiger partial charge in [0.1, 0.15) is 0 Å². The second kappa shape index (κ2) is 9.68. The summed E-state index contributed by atoms with van der Waals surface area (Å²) in [5, 5.41) is 5.64. The Balaban J connectivity index is 1.59. The molecular formula is C23H25N3O3. The largest absolute Gasteiger partial charge is 0.352 e. The van der Waals surface area contributed by atoms with Crippen LogP contribution < -0.4 is 10.6 Å². The zero-order valence-corrected chi connectivity index (χ0v) is 16.3. The molecule has 0 unspecified atom stereocenters. The number of carbonyl (C=O) groups excluding carboxylic acids is 3. The maximum absolute atomic E-state index is 12.9. The van der Waals surface area contributed by atoms with Crippen molar-refractivity contribution in [3.8, 4) is 0 Å². The van der Waals surface area contributed by atoms with Crippen molar-refractivity contribution in [3.63, 3.8) is 0 Å². The standard InChI is InChI=1S/C23H25N3O3/c1-2-13-24-21(27)18-11-14-26(15-12-18)23(29)19-9-6-10-20(16-19)25-22(28)17-7-4-3-5-8-17/h2-10,16,18H,1,11-15H2,(H,24,27)(H,25,28). The highest BCUT2D eigenvalue weighted by molar-refractivity contribution is 6.05. The zero-order chi connectivity index (χ0) is 20.6. The van der Waals surface area contributed by atoms with Gasteiger partial charge in [-0.05, 0) is 43.2 Å². The molecule has 1 heterocycles. The van der Waals surface area contributed by atoms with Gasteiger partial charge >= 0.3 is 0 Å². The number of nitrogens with one attached hydrogen (secondary N) is 2. The third-order valence-electron chi connectivity index (χ3n) is 4.98. The molecule has 0 bridgehead atoms. The first-order chi connectivity index (χ1) is 14.1. The van der Waals surface area contributed by atoms with E-state index in [4.69, 9.17) is 0 Å². The van der Waals surface area contributed by atoms with E-state index in [0.29, 0.717) is 49.3 Å². The highest BCUT2D eigenvalue weighted by Gasteiger charge is 2.27. The summed E-state index contributed by atoms with van der Waals surface area (Å²) in [4.78, 5) is 39.0. The fourth-order valence-electron chi connectivity index (χ4n) is 3.37. The summed E-state index contributed by atoms with van der Waals surface area (Å²) in [6, 6.07) is 15.9. The van der Waals surface area contributed by atoms with Gasteiger partial charge in [-0.2, -0.15) is 0 Å². The molecule has 6 heteroatoms. The second-order valence-electron chi connectivity index (χ2n) is 7.00. The van der Waals surface area contributed by atoms with Crippen LogP contribution in [0.5, 0.6) is 0 Å². The van der Waals surface area contributed by atoms with Crippen molar-refractivity contribution in [3.05, 3.63) is 78.4 Å². The van der Waals surface area contributed by atoms with E-state index in [9.17, 15) is 14.4 Å². The van der Waals surface area contributed by atoms with Crippen LogP contribution in [0.25, 0.3) is 0 Å². The molecule has 6 nitrogen and oxygen atoms in total. The van der Waals surface area contributed by atoms with Crippen LogP contribution in [0.15, 0.2) is 67.3 Å². The van der Waals surface area contributed by atoms with Gasteiger partial charge in [-0.25, -0.2) is 0 Å². The summed E-state index contributed by atoms with van der Waals surface area (Å²) in [5.41, 5.74) is 1.65. The summed E-state index contributed by atoms with van der Waals surface area (Å²) < 4.78 is 0. The number of likely N-dealkylation sites (tertiary alicyclic amines) is 1. The van der Waals surface area contributed by atoms with Gasteiger partial charge in [-0.15, -0.1) is 6.58 Å². The molecule has 1 aliphatic rings. The number of hydrogen-bond acceptors (Lipinski definition) is 3. The molecule has 0 aliphatic carbocycles. The van der Waals surface area contributed by atoms with E-state index in [0.717, 1.165) is 0 Å². The van der Waals surface area contributed by atoms with Gasteiger partial charge in [0.05, 0.1) is 0 Å². The smallest absolute Gasteiger partial charge is 0.255 e. The topological polar surface area (TPSA) is 78.5 Å². The van der Waals surface area contributed by atoms with E-state index in [1.54, 1.807) is 59.5 Å². The van der Waals surface area contributed by atoms with Crippen LogP contribution in [0.2, 0.25) is 0 Å². The molecule has 2 aromatic rings. The second-order valence-corrected chi connectivity index (χ2v) is 7.00. The monoisotopic (exact) mass is 391 g/mol. The first-order valence-electron chi connectivity index (χ1n) is 9.73. The van der Waals surface area contributed by atoms with Crippen LogP contribution in [0, 0.1) is 5.92 Å². The highest BCUT2D eigenvalue weighted by atomic mass is 16.2. The molecule has 0 radical (unpaired) electrons. The number of benzene rings is 2. The Kier molecular flexibility index (Phi) is 6.79. The van der Waals surface area contributed by atoms with Gasteiger partial charge in [0.2, 0.25) is 5.91 Å². The van der Waals surface area contributed by atoms with Crippen molar-refractivity contribution in [1.29, 1.82) is 0 Å². The van der Waals surface area contributed by atoms with Gasteiger partial charge < -0.3 is 15.5 Å². The van der Waals surface area contributed by atoms with Gasteiger partial charge in [-0.3, -0.25) is 14.4 Å². The van der Waals surface area contributed by atoms with Crippen molar-refractivity contribution in [2.24, 2.45) is 5.92 Å². The van der Waals surface area contributed by atoms with E-state index in [1.165, 1.54) is 0 Å². The predicted molar refractivity (Wildman–Crippen MR) is 113 cm³/mol. The molecule has 0 spiro atoms. The lowest BCUT2D eigenvalue weighted by Crippen LogP contribution is -2.43. The molecule has 0 saturated carbocycles. The average Bonchev–Trinajstić information content (AvgIpc) is 2.78. The molecule has 3 amide bonds. The third kappa shape index (κ3) is 5.31. The van der Waals surface area contributed by atoms with E-state index >= 15 is 0 Å². The fourth-order valence-corrected chi connectivity index (χ4v) is 3.37. The highest BCUT2D eigenvalue weighted by Crippen LogP contribution is 2.21. The number of carbonyl (C=O) groups is 3. The predicted octanol–water partition coefficient (Wildman–Crippen LogP) is 3.09. The van der Waals surface area contributed by atoms with Crippen molar-refractivity contribution < 1.29 is 14.4 Å². The van der Waals surface area contributed by atoms with Crippen LogP contribution in [-0.2, 0) is 4.79 Å². The molecule has 1 fully saturated rings. The summed E-state index contributed by atoms with van der Waals surface area (Å²) in [5.74, 6) is -0.370. The zero-order valence-electron chi connectivity index (χ0n) is 16.3. The molecule has 150 valence electrons. The van der Waals surface area contributed by atoms with Crippen LogP contribution in [-0.4, -0.2) is 42.3 Å². The van der Waals surface area contributed by atoms with E-state index in [2.05, 4.69) is 17.2 Å². The number of piperidine rings is 1. The lowest BCUT2D eigenvalue weighted by molar-refractivity contribution is -0.126. The van der Waals surface area contributed by atoms with Crippen molar-refractivity contribution >= 4 is 23.4 Å². The van der Waals surface area contributed by atoms with E-state index in [1.807, 2.05) is 6.07 Å². The Morgan fingerprint density at radius 3 is 2.38 bits per heavy atom. The Hall–Kier alpha value is -3.41. The van der Waals surface area contributed by atoms with Crippen LogP contribution in [0.1, 0.15) is 33.6 Å². The van der Waals surface area contributed by atoms with E-state index in [-0.39, 0.29) is 23.6 Å². The molecule has 0 aromatic heterocycles. The summed E-state index contributed by atoms with van der Waals surface area (Å²) in [6.07, 6.45) is 2.93. The number of amides is 3. The lowest BCUT2D eigenvalue weighted by Gasteiger charge is -2.31. The minimum atomic E-state index is -0.221. The third-order valence-corrected chi connectivity index (χ3v) is 4.98. The molecule has 3 rings (SSSR count). The minimum Gasteiger partial charge on any atom is -0.352 e. The van der Waals surface area contributed by atoms with Crippen molar-refractivity contribution in [2.75, 3.05) is 25.0 Å². The lowest BCUT2D eigenvalue weighted by atomic mass is 9.95. The molecule has 0 atom stereocenters. The normalized spacial score (nSPS) is 14.1. The Bertz CT molecular complexity index is 887. The fraction of sp³-hybridized carbons (Fsp3) is 0.261. The Morgan fingerprint density at radius 1 is 1.00 bits per heavy atom. The van der Waals surface area contributed by atoms with Crippen molar-refractivity contribution in [1.82, 2.24) is 10.2 Å². The summed E-state index contributed by atoms with van der Waals surface area (Å²) >= 11 is 0. The molecule has 29 heavy (non-hydrogen) atoms. The van der Waals surface area contributed by atoms with Crippen LogP contribution >= 0.6 is 0 Å². The summed E-state index contributed by atoms with van der Waals surface area (Å²) in [6.45, 7) is 5.12. The molecule has 1 aliphatic heterocycles. The van der Waals surface area contributed by atoms with Crippen molar-refractivity contribution in [2.45, 2.75) is 12.8 Å². The van der Waals surface area contributed by atoms with Crippen LogP contribution in [0.4, 0.5) is 5.69 Å². The number of rotatable bonds is 6. The van der Waals surface area contributed by atoms with Gasteiger partial charge in [-0.1, -0.05) is 30.3 Å². The Labute approximate surface area is 170 Å². The molecule has 1 saturated heterocycles. The first kappa shape index (κ1) is 20.3. The number of anilines is 1. The Morgan fingerprint density at radius 2 is 1.69 bits per heavy atom. The maximum Gasteiger partial charge on any atom is 0.255 e. The van der Waals surface area contributed by atoms with Gasteiger partial charge in [0.15, 0.2) is 0 Å². The minimum absolute atomic E-state index is 0.0163. The molecule has 2 aromatic carbocycles. The summed E-state index contributed by atoms with van der Waals surface area (Å²) in [7, 11) is 0. The number of nitrogens with zero attached hydrogens (tertiary/aromatic N) is 1. The quantitative estimate of drug-likeness (QED) is 0.743. The van der Waals surface area contributed by atoms with E-state index < -0.39 is 0 Å². The SMILES string of the molecule is C=CCNC(=O)C1CCN(C(=O)c2cccc(NC(=O)c3ccccc3)c2)CC1. The molecule has 2 N–H and O–H groups in total. The maximum atomic E-state index is 12.9. The van der Waals surface area contributed by atoms with Crippen LogP contribution in [0.3, 0.4) is 0 Å². The first-order valence-corrected chi connectivity index (χ1v) is 9.73. The number of hydrogen-bond donors (Lipinski definition) is 2.